The molecule has 2 fully saturated rings. The van der Waals surface area contributed by atoms with Gasteiger partial charge in [-0.2, -0.15) is 0 Å². The Morgan fingerprint density at radius 3 is 2.63 bits per heavy atom. The molecule has 2 saturated carbocycles. The minimum absolute atomic E-state index is 0.0499. The minimum Gasteiger partial charge on any atom is -0.328 e. The number of rotatable bonds is 4. The van der Waals surface area contributed by atoms with E-state index in [0.717, 1.165) is 37.8 Å². The Bertz CT molecular complexity index is 694. The van der Waals surface area contributed by atoms with Gasteiger partial charge in [0.15, 0.2) is 0 Å². The fourth-order valence-electron chi connectivity index (χ4n) is 7.17. The molecule has 5 atom stereocenters. The lowest BCUT2D eigenvalue weighted by Crippen LogP contribution is -2.52. The predicted molar refractivity (Wildman–Crippen MR) is 107 cm³/mol. The summed E-state index contributed by atoms with van der Waals surface area (Å²) in [6.07, 6.45) is 11.2. The summed E-state index contributed by atoms with van der Waals surface area (Å²) < 4.78 is 0. The number of ketones is 1. The molecule has 0 amide bonds. The molecule has 0 aromatic carbocycles. The van der Waals surface area contributed by atoms with Crippen LogP contribution in [0.4, 0.5) is 0 Å². The Labute approximate surface area is 163 Å². The molecule has 27 heavy (non-hydrogen) atoms. The van der Waals surface area contributed by atoms with Crippen molar-refractivity contribution in [1.82, 2.24) is 5.48 Å². The minimum atomic E-state index is -0.0567. The molecule has 4 heteroatoms. The Morgan fingerprint density at radius 2 is 1.89 bits per heavy atom. The normalized spacial score (nSPS) is 42.6. The van der Waals surface area contributed by atoms with E-state index in [9.17, 15) is 4.79 Å². The van der Waals surface area contributed by atoms with Gasteiger partial charge in [-0.1, -0.05) is 45.4 Å². The average molecular weight is 373 g/mol. The Morgan fingerprint density at radius 1 is 1.15 bits per heavy atom. The van der Waals surface area contributed by atoms with Gasteiger partial charge in [-0.15, -0.1) is 0 Å². The molecule has 3 N–H and O–H groups in total. The summed E-state index contributed by atoms with van der Waals surface area (Å²) in [6, 6.07) is 0. The monoisotopic (exact) mass is 372 g/mol. The second-order valence-electron chi connectivity index (χ2n) is 10.3. The van der Waals surface area contributed by atoms with Gasteiger partial charge in [0, 0.05) is 29.5 Å². The van der Waals surface area contributed by atoms with Crippen molar-refractivity contribution < 1.29 is 9.63 Å². The van der Waals surface area contributed by atoms with Crippen LogP contribution < -0.4 is 11.2 Å². The SMILES string of the molecule is CC1(C)C(NOCCN)=CC[C@@]2(C)C1=CC[C@@H]1[C@@H]2CC[C@]2(C)C(=O)CC[C@@H]12. The summed E-state index contributed by atoms with van der Waals surface area (Å²) in [5.74, 6) is 2.45. The van der Waals surface area contributed by atoms with Gasteiger partial charge in [-0.05, 0) is 55.3 Å². The largest absolute Gasteiger partial charge is 0.328 e. The van der Waals surface area contributed by atoms with Gasteiger partial charge >= 0.3 is 0 Å². The highest BCUT2D eigenvalue weighted by atomic mass is 16.6. The van der Waals surface area contributed by atoms with E-state index in [4.69, 9.17) is 10.6 Å². The number of carbonyl (C=O) groups excluding carboxylic acids is 1. The molecule has 4 rings (SSSR count). The molecule has 0 aromatic rings. The zero-order chi connectivity index (χ0) is 19.4. The van der Waals surface area contributed by atoms with Gasteiger partial charge in [0.05, 0.1) is 6.61 Å². The first-order chi connectivity index (χ1) is 12.7. The van der Waals surface area contributed by atoms with Crippen LogP contribution in [0.3, 0.4) is 0 Å². The van der Waals surface area contributed by atoms with Crippen molar-refractivity contribution in [2.75, 3.05) is 13.2 Å². The summed E-state index contributed by atoms with van der Waals surface area (Å²) >= 11 is 0. The summed E-state index contributed by atoms with van der Waals surface area (Å²) in [4.78, 5) is 18.1. The van der Waals surface area contributed by atoms with E-state index in [1.165, 1.54) is 6.42 Å². The lowest BCUT2D eigenvalue weighted by molar-refractivity contribution is -0.131. The molecule has 0 spiro atoms. The quantitative estimate of drug-likeness (QED) is 0.442. The van der Waals surface area contributed by atoms with Crippen molar-refractivity contribution in [2.45, 2.75) is 66.2 Å². The number of nitrogens with one attached hydrogen (secondary N) is 1. The van der Waals surface area contributed by atoms with E-state index in [0.29, 0.717) is 36.7 Å². The first kappa shape index (κ1) is 19.2. The molecule has 0 saturated heterocycles. The van der Waals surface area contributed by atoms with Crippen LogP contribution in [0.1, 0.15) is 66.2 Å². The standard InChI is InChI=1S/C23H36N2O2/c1-21(2)18-7-5-15-16-6-8-20(26)23(16,4)11-9-17(15)22(18,3)12-10-19(21)25-27-14-13-24/h7,10,15-17,25H,5-6,8-9,11-14,24H2,1-4H3/t15-,16-,17-,22+,23-/m0/s1. The summed E-state index contributed by atoms with van der Waals surface area (Å²) in [6.45, 7) is 10.4. The van der Waals surface area contributed by atoms with Crippen LogP contribution >= 0.6 is 0 Å². The zero-order valence-corrected chi connectivity index (χ0v) is 17.4. The maximum absolute atomic E-state index is 12.6. The lowest BCUT2D eigenvalue weighted by atomic mass is 9.46. The number of allylic oxidation sites excluding steroid dienone is 3. The maximum atomic E-state index is 12.6. The molecule has 0 unspecified atom stereocenters. The van der Waals surface area contributed by atoms with Gasteiger partial charge in [-0.25, -0.2) is 0 Å². The van der Waals surface area contributed by atoms with Crippen molar-refractivity contribution in [3.63, 3.8) is 0 Å². The van der Waals surface area contributed by atoms with Crippen LogP contribution in [0, 0.1) is 34.0 Å². The van der Waals surface area contributed by atoms with Crippen LogP contribution in [0.2, 0.25) is 0 Å². The van der Waals surface area contributed by atoms with Crippen LogP contribution in [-0.2, 0) is 9.63 Å². The zero-order valence-electron chi connectivity index (χ0n) is 17.4. The summed E-state index contributed by atoms with van der Waals surface area (Å²) in [5.41, 5.74) is 11.5. The van der Waals surface area contributed by atoms with E-state index in [1.807, 2.05) is 0 Å². The number of hydroxylamine groups is 1. The molecular weight excluding hydrogens is 336 g/mol. The average Bonchev–Trinajstić information content (AvgIpc) is 2.92. The number of nitrogens with two attached hydrogens (primary N) is 1. The fourth-order valence-corrected chi connectivity index (χ4v) is 7.17. The van der Waals surface area contributed by atoms with E-state index >= 15 is 0 Å². The molecule has 150 valence electrons. The Balaban J connectivity index is 1.64. The van der Waals surface area contributed by atoms with E-state index < -0.39 is 0 Å². The van der Waals surface area contributed by atoms with Gasteiger partial charge in [0.2, 0.25) is 0 Å². The molecular formula is C23H36N2O2. The van der Waals surface area contributed by atoms with Crippen molar-refractivity contribution in [3.05, 3.63) is 23.4 Å². The van der Waals surface area contributed by atoms with Gasteiger partial charge in [-0.3, -0.25) is 15.1 Å². The highest BCUT2D eigenvalue weighted by Gasteiger charge is 2.60. The third kappa shape index (κ3) is 2.66. The van der Waals surface area contributed by atoms with Crippen LogP contribution in [-0.4, -0.2) is 18.9 Å². The Hall–Kier alpha value is -1.13. The lowest BCUT2D eigenvalue weighted by Gasteiger charge is -2.58. The van der Waals surface area contributed by atoms with Crippen LogP contribution in [0.25, 0.3) is 0 Å². The molecule has 0 heterocycles. The first-order valence-electron chi connectivity index (χ1n) is 10.8. The molecule has 4 aliphatic rings. The van der Waals surface area contributed by atoms with E-state index in [-0.39, 0.29) is 16.2 Å². The van der Waals surface area contributed by atoms with E-state index in [1.54, 1.807) is 5.57 Å². The smallest absolute Gasteiger partial charge is 0.139 e. The third-order valence-electron chi connectivity index (χ3n) is 8.65. The van der Waals surface area contributed by atoms with Gasteiger partial charge in [0.1, 0.15) is 5.78 Å². The summed E-state index contributed by atoms with van der Waals surface area (Å²) in [5, 5.41) is 0. The number of carbonyl (C=O) groups is 1. The van der Waals surface area contributed by atoms with E-state index in [2.05, 4.69) is 45.3 Å². The number of hydrogen-bond donors (Lipinski definition) is 2. The second-order valence-corrected chi connectivity index (χ2v) is 10.3. The topological polar surface area (TPSA) is 64.3 Å². The molecule has 0 bridgehead atoms. The summed E-state index contributed by atoms with van der Waals surface area (Å²) in [7, 11) is 0. The Kier molecular flexibility index (Phi) is 4.59. The predicted octanol–water partition coefficient (Wildman–Crippen LogP) is 4.13. The number of Topliss-reactive ketones (excluding diaryl/α,β-unsaturated/α-hetero) is 1. The van der Waals surface area contributed by atoms with Crippen molar-refractivity contribution in [2.24, 2.45) is 39.7 Å². The molecule has 0 radical (unpaired) electrons. The van der Waals surface area contributed by atoms with Crippen LogP contribution in [0.5, 0.6) is 0 Å². The van der Waals surface area contributed by atoms with Crippen molar-refractivity contribution in [3.8, 4) is 0 Å². The molecule has 4 nitrogen and oxygen atoms in total. The highest BCUT2D eigenvalue weighted by Crippen LogP contribution is 2.66. The van der Waals surface area contributed by atoms with Crippen molar-refractivity contribution in [1.29, 1.82) is 0 Å². The highest BCUT2D eigenvalue weighted by molar-refractivity contribution is 5.87. The van der Waals surface area contributed by atoms with Crippen molar-refractivity contribution >= 4 is 5.78 Å². The van der Waals surface area contributed by atoms with Gasteiger partial charge in [0.25, 0.3) is 0 Å². The maximum Gasteiger partial charge on any atom is 0.139 e. The molecule has 0 aromatic heterocycles. The number of fused-ring (bicyclic) bond motifs is 5. The van der Waals surface area contributed by atoms with Crippen LogP contribution in [0.15, 0.2) is 23.4 Å². The molecule has 0 aliphatic heterocycles. The number of hydrogen-bond acceptors (Lipinski definition) is 4. The molecule has 4 aliphatic carbocycles. The third-order valence-corrected chi connectivity index (χ3v) is 8.65. The fraction of sp³-hybridized carbons (Fsp3) is 0.783. The first-order valence-corrected chi connectivity index (χ1v) is 10.8. The second kappa shape index (κ2) is 6.45. The van der Waals surface area contributed by atoms with Gasteiger partial charge < -0.3 is 5.73 Å².